The number of methoxy groups -OCH3 is 1. The summed E-state index contributed by atoms with van der Waals surface area (Å²) >= 11 is 5.92. The van der Waals surface area contributed by atoms with Crippen molar-refractivity contribution in [3.63, 3.8) is 0 Å². The van der Waals surface area contributed by atoms with E-state index in [0.717, 1.165) is 19.3 Å². The molecule has 1 aliphatic carbocycles. The monoisotopic (exact) mass is 353 g/mol. The zero-order valence-electron chi connectivity index (χ0n) is 14.1. The fraction of sp³-hybridized carbons (Fsp3) is 0.556. The van der Waals surface area contributed by atoms with Crippen LogP contribution in [0.5, 0.6) is 5.75 Å². The molecule has 0 saturated heterocycles. The maximum Gasteiger partial charge on any atom is 0.329 e. The Morgan fingerprint density at radius 2 is 2.04 bits per heavy atom. The van der Waals surface area contributed by atoms with E-state index >= 15 is 0 Å². The highest BCUT2D eigenvalue weighted by Crippen LogP contribution is 2.34. The number of carbonyl (C=O) groups excluding carboxylic acids is 1. The average molecular weight is 354 g/mol. The van der Waals surface area contributed by atoms with Gasteiger partial charge in [-0.15, -0.1) is 0 Å². The van der Waals surface area contributed by atoms with Crippen molar-refractivity contribution >= 4 is 23.5 Å². The van der Waals surface area contributed by atoms with Crippen molar-refractivity contribution in [1.29, 1.82) is 0 Å². The second-order valence-corrected chi connectivity index (χ2v) is 6.86. The Labute approximate surface area is 147 Å². The third-order valence-corrected chi connectivity index (χ3v) is 5.16. The van der Waals surface area contributed by atoms with Crippen LogP contribution < -0.4 is 10.1 Å². The highest BCUT2D eigenvalue weighted by molar-refractivity contribution is 6.30. The number of ether oxygens (including phenoxy) is 1. The zero-order valence-corrected chi connectivity index (χ0v) is 14.9. The number of rotatable bonds is 6. The summed E-state index contributed by atoms with van der Waals surface area (Å²) in [6, 6.07) is 5.05. The molecule has 0 unspecified atom stereocenters. The van der Waals surface area contributed by atoms with Crippen molar-refractivity contribution in [2.24, 2.45) is 5.92 Å². The summed E-state index contributed by atoms with van der Waals surface area (Å²) in [5.74, 6) is -0.191. The van der Waals surface area contributed by atoms with Gasteiger partial charge in [0.25, 0.3) is 0 Å². The van der Waals surface area contributed by atoms with Crippen molar-refractivity contribution in [3.05, 3.63) is 28.8 Å². The third kappa shape index (κ3) is 4.20. The smallest absolute Gasteiger partial charge is 0.329 e. The number of carbonyl (C=O) groups is 2. The van der Waals surface area contributed by atoms with E-state index in [9.17, 15) is 14.7 Å². The summed E-state index contributed by atoms with van der Waals surface area (Å²) in [4.78, 5) is 24.2. The molecule has 0 radical (unpaired) electrons. The Hall–Kier alpha value is -1.75. The Morgan fingerprint density at radius 3 is 2.58 bits per heavy atom. The van der Waals surface area contributed by atoms with Gasteiger partial charge in [0.15, 0.2) is 0 Å². The largest absolute Gasteiger partial charge is 0.496 e. The number of aliphatic carboxylic acids is 1. The molecule has 0 aromatic heterocycles. The molecule has 0 aliphatic heterocycles. The number of hydrogen-bond donors (Lipinski definition) is 2. The molecule has 0 bridgehead atoms. The van der Waals surface area contributed by atoms with E-state index in [1.807, 2.05) is 0 Å². The molecular weight excluding hydrogens is 330 g/mol. The number of halogens is 1. The number of carboxylic acid groups (broad SMARTS) is 1. The van der Waals surface area contributed by atoms with Crippen LogP contribution in [-0.4, -0.2) is 29.6 Å². The molecule has 1 aromatic rings. The predicted octanol–water partition coefficient (Wildman–Crippen LogP) is 3.43. The molecule has 5 nitrogen and oxygen atoms in total. The number of hydrogen-bond acceptors (Lipinski definition) is 3. The van der Waals surface area contributed by atoms with Gasteiger partial charge in [0.05, 0.1) is 13.5 Å². The lowest BCUT2D eigenvalue weighted by Crippen LogP contribution is -2.56. The first-order valence-electron chi connectivity index (χ1n) is 8.27. The highest BCUT2D eigenvalue weighted by atomic mass is 35.5. The summed E-state index contributed by atoms with van der Waals surface area (Å²) in [5, 5.41) is 12.9. The van der Waals surface area contributed by atoms with E-state index in [4.69, 9.17) is 16.3 Å². The van der Waals surface area contributed by atoms with Crippen LogP contribution in [0.4, 0.5) is 0 Å². The van der Waals surface area contributed by atoms with Crippen LogP contribution in [0.2, 0.25) is 5.02 Å². The lowest BCUT2D eigenvalue weighted by molar-refractivity contribution is -0.149. The van der Waals surface area contributed by atoms with E-state index in [0.29, 0.717) is 35.1 Å². The molecule has 1 aliphatic rings. The Kier molecular flexibility index (Phi) is 6.10. The van der Waals surface area contributed by atoms with Gasteiger partial charge in [-0.2, -0.15) is 0 Å². The summed E-state index contributed by atoms with van der Waals surface area (Å²) < 4.78 is 5.24. The van der Waals surface area contributed by atoms with Crippen LogP contribution in [-0.2, 0) is 16.0 Å². The second-order valence-electron chi connectivity index (χ2n) is 6.42. The maximum atomic E-state index is 12.4. The van der Waals surface area contributed by atoms with E-state index in [1.54, 1.807) is 18.2 Å². The quantitative estimate of drug-likeness (QED) is 0.821. The summed E-state index contributed by atoms with van der Waals surface area (Å²) in [7, 11) is 1.51. The summed E-state index contributed by atoms with van der Waals surface area (Å²) in [5.41, 5.74) is -0.468. The first kappa shape index (κ1) is 18.6. The first-order valence-corrected chi connectivity index (χ1v) is 8.65. The highest BCUT2D eigenvalue weighted by Gasteiger charge is 2.42. The first-order chi connectivity index (χ1) is 11.4. The molecule has 1 aromatic carbocycles. The van der Waals surface area contributed by atoms with Crippen LogP contribution in [0.1, 0.15) is 44.6 Å². The Morgan fingerprint density at radius 1 is 1.38 bits per heavy atom. The van der Waals surface area contributed by atoms with Gasteiger partial charge in [-0.25, -0.2) is 4.79 Å². The van der Waals surface area contributed by atoms with Gasteiger partial charge in [-0.05, 0) is 43.7 Å². The molecule has 1 saturated carbocycles. The SMILES string of the molecule is CCC1CCC(NC(=O)Cc2ccc(Cl)cc2OC)(C(=O)O)CC1. The van der Waals surface area contributed by atoms with Gasteiger partial charge in [0.2, 0.25) is 5.91 Å². The number of benzene rings is 1. The minimum Gasteiger partial charge on any atom is -0.496 e. The van der Waals surface area contributed by atoms with Gasteiger partial charge in [-0.3, -0.25) is 4.79 Å². The summed E-state index contributed by atoms with van der Waals surface area (Å²) in [6.45, 7) is 2.11. The molecule has 2 N–H and O–H groups in total. The van der Waals surface area contributed by atoms with Gasteiger partial charge in [0.1, 0.15) is 11.3 Å². The van der Waals surface area contributed by atoms with Gasteiger partial charge < -0.3 is 15.2 Å². The maximum absolute atomic E-state index is 12.4. The van der Waals surface area contributed by atoms with Crippen LogP contribution in [0.25, 0.3) is 0 Å². The molecule has 0 spiro atoms. The molecular formula is C18H24ClNO4. The van der Waals surface area contributed by atoms with Crippen LogP contribution >= 0.6 is 11.6 Å². The number of amides is 1. The van der Waals surface area contributed by atoms with Crippen molar-refractivity contribution in [2.45, 2.75) is 51.0 Å². The second kappa shape index (κ2) is 7.88. The van der Waals surface area contributed by atoms with Gasteiger partial charge in [-0.1, -0.05) is 31.0 Å². The topological polar surface area (TPSA) is 75.6 Å². The summed E-state index contributed by atoms with van der Waals surface area (Å²) in [6.07, 6.45) is 3.72. The average Bonchev–Trinajstić information content (AvgIpc) is 2.56. The van der Waals surface area contributed by atoms with Crippen LogP contribution in [0.15, 0.2) is 18.2 Å². The number of nitrogens with one attached hydrogen (secondary N) is 1. The Bertz CT molecular complexity index is 609. The molecule has 2 rings (SSSR count). The van der Waals surface area contributed by atoms with Crippen molar-refractivity contribution in [3.8, 4) is 5.75 Å². The molecule has 1 amide bonds. The molecule has 0 atom stereocenters. The fourth-order valence-corrected chi connectivity index (χ4v) is 3.48. The lowest BCUT2D eigenvalue weighted by Gasteiger charge is -2.37. The third-order valence-electron chi connectivity index (χ3n) is 4.92. The van der Waals surface area contributed by atoms with Crippen LogP contribution in [0, 0.1) is 5.92 Å². The van der Waals surface area contributed by atoms with Gasteiger partial charge >= 0.3 is 5.97 Å². The minimum absolute atomic E-state index is 0.0621. The fourth-order valence-electron chi connectivity index (χ4n) is 3.32. The zero-order chi connectivity index (χ0) is 17.7. The molecule has 24 heavy (non-hydrogen) atoms. The van der Waals surface area contributed by atoms with E-state index in [1.165, 1.54) is 7.11 Å². The van der Waals surface area contributed by atoms with Crippen molar-refractivity contribution < 1.29 is 19.4 Å². The minimum atomic E-state index is -1.15. The Balaban J connectivity index is 2.08. The molecule has 132 valence electrons. The van der Waals surface area contributed by atoms with Crippen LogP contribution in [0.3, 0.4) is 0 Å². The number of carboxylic acids is 1. The molecule has 0 heterocycles. The van der Waals surface area contributed by atoms with E-state index < -0.39 is 11.5 Å². The lowest BCUT2D eigenvalue weighted by atomic mass is 9.75. The normalized spacial score (nSPS) is 23.5. The van der Waals surface area contributed by atoms with E-state index in [2.05, 4.69) is 12.2 Å². The van der Waals surface area contributed by atoms with Gasteiger partial charge in [0, 0.05) is 10.6 Å². The van der Waals surface area contributed by atoms with Crippen molar-refractivity contribution in [1.82, 2.24) is 5.32 Å². The van der Waals surface area contributed by atoms with E-state index in [-0.39, 0.29) is 12.3 Å². The molecule has 1 fully saturated rings. The predicted molar refractivity (Wildman–Crippen MR) is 92.5 cm³/mol. The molecule has 6 heteroatoms. The standard InChI is InChI=1S/C18H24ClNO4/c1-3-12-6-8-18(9-7-12,17(22)23)20-16(21)10-13-4-5-14(19)11-15(13)24-2/h4-5,11-12H,3,6-10H2,1-2H3,(H,20,21)(H,22,23). The van der Waals surface area contributed by atoms with Crippen molar-refractivity contribution in [2.75, 3.05) is 7.11 Å².